The SMILES string of the molecule is CCCC(CNC(=O)c1cccc(OCC)c1)C(=O)O. The zero-order chi connectivity index (χ0) is 15.0. The van der Waals surface area contributed by atoms with Crippen LogP contribution in [0.3, 0.4) is 0 Å². The molecule has 0 aromatic heterocycles. The molecule has 0 heterocycles. The van der Waals surface area contributed by atoms with Crippen molar-refractivity contribution in [2.24, 2.45) is 5.92 Å². The van der Waals surface area contributed by atoms with E-state index in [0.717, 1.165) is 6.42 Å². The maximum absolute atomic E-state index is 12.0. The molecule has 20 heavy (non-hydrogen) atoms. The van der Waals surface area contributed by atoms with Crippen LogP contribution in [-0.2, 0) is 4.79 Å². The smallest absolute Gasteiger partial charge is 0.308 e. The zero-order valence-electron chi connectivity index (χ0n) is 11.9. The molecule has 0 saturated carbocycles. The largest absolute Gasteiger partial charge is 0.494 e. The molecule has 5 heteroatoms. The molecule has 0 spiro atoms. The van der Waals surface area contributed by atoms with Crippen LogP contribution in [0.1, 0.15) is 37.0 Å². The maximum atomic E-state index is 12.0. The first-order valence-corrected chi connectivity index (χ1v) is 6.82. The van der Waals surface area contributed by atoms with Gasteiger partial charge in [0.05, 0.1) is 12.5 Å². The number of carboxylic acid groups (broad SMARTS) is 1. The number of aliphatic carboxylic acids is 1. The molecule has 1 aromatic carbocycles. The third-order valence-electron chi connectivity index (χ3n) is 2.90. The number of hydrogen-bond acceptors (Lipinski definition) is 3. The lowest BCUT2D eigenvalue weighted by Gasteiger charge is -2.12. The Bertz CT molecular complexity index is 459. The number of ether oxygens (including phenoxy) is 1. The van der Waals surface area contributed by atoms with E-state index in [1.165, 1.54) is 0 Å². The molecule has 0 fully saturated rings. The van der Waals surface area contributed by atoms with Gasteiger partial charge in [0.1, 0.15) is 5.75 Å². The highest BCUT2D eigenvalue weighted by atomic mass is 16.5. The highest BCUT2D eigenvalue weighted by Crippen LogP contribution is 2.13. The lowest BCUT2D eigenvalue weighted by atomic mass is 10.0. The average molecular weight is 279 g/mol. The second-order valence-corrected chi connectivity index (χ2v) is 4.49. The van der Waals surface area contributed by atoms with E-state index in [1.807, 2.05) is 13.8 Å². The number of nitrogens with one attached hydrogen (secondary N) is 1. The predicted molar refractivity (Wildman–Crippen MR) is 76.0 cm³/mol. The fourth-order valence-corrected chi connectivity index (χ4v) is 1.87. The van der Waals surface area contributed by atoms with Gasteiger partial charge in [-0.2, -0.15) is 0 Å². The normalized spacial score (nSPS) is 11.7. The lowest BCUT2D eigenvalue weighted by molar-refractivity contribution is -0.141. The summed E-state index contributed by atoms with van der Waals surface area (Å²) in [5.74, 6) is -1.08. The predicted octanol–water partition coefficient (Wildman–Crippen LogP) is 2.32. The first-order chi connectivity index (χ1) is 9.58. The van der Waals surface area contributed by atoms with Crippen molar-refractivity contribution in [3.8, 4) is 5.75 Å². The molecule has 1 aromatic rings. The molecule has 0 saturated heterocycles. The van der Waals surface area contributed by atoms with E-state index in [-0.39, 0.29) is 12.5 Å². The van der Waals surface area contributed by atoms with Crippen molar-refractivity contribution < 1.29 is 19.4 Å². The molecule has 1 unspecified atom stereocenters. The molecule has 2 N–H and O–H groups in total. The van der Waals surface area contributed by atoms with Crippen LogP contribution in [0.5, 0.6) is 5.75 Å². The van der Waals surface area contributed by atoms with Gasteiger partial charge in [-0.15, -0.1) is 0 Å². The van der Waals surface area contributed by atoms with Crippen molar-refractivity contribution in [1.82, 2.24) is 5.32 Å². The Morgan fingerprint density at radius 2 is 2.10 bits per heavy atom. The van der Waals surface area contributed by atoms with E-state index in [0.29, 0.717) is 24.3 Å². The molecule has 0 radical (unpaired) electrons. The Balaban J connectivity index is 2.61. The lowest BCUT2D eigenvalue weighted by Crippen LogP contribution is -2.32. The van der Waals surface area contributed by atoms with Crippen LogP contribution < -0.4 is 10.1 Å². The summed E-state index contributed by atoms with van der Waals surface area (Å²) in [5.41, 5.74) is 0.469. The quantitative estimate of drug-likeness (QED) is 0.765. The molecule has 0 aliphatic heterocycles. The van der Waals surface area contributed by atoms with Gasteiger partial charge in [0.25, 0.3) is 5.91 Å². The van der Waals surface area contributed by atoms with E-state index < -0.39 is 11.9 Å². The van der Waals surface area contributed by atoms with Crippen molar-refractivity contribution in [3.63, 3.8) is 0 Å². The van der Waals surface area contributed by atoms with E-state index in [2.05, 4.69) is 5.32 Å². The number of carbonyl (C=O) groups is 2. The van der Waals surface area contributed by atoms with Crippen molar-refractivity contribution in [2.75, 3.05) is 13.2 Å². The summed E-state index contributed by atoms with van der Waals surface area (Å²) in [5, 5.41) is 11.7. The van der Waals surface area contributed by atoms with Gasteiger partial charge in [-0.05, 0) is 31.5 Å². The Labute approximate surface area is 118 Å². The first-order valence-electron chi connectivity index (χ1n) is 6.82. The topological polar surface area (TPSA) is 75.6 Å². The summed E-state index contributed by atoms with van der Waals surface area (Å²) < 4.78 is 5.32. The van der Waals surface area contributed by atoms with Crippen molar-refractivity contribution in [2.45, 2.75) is 26.7 Å². The highest BCUT2D eigenvalue weighted by Gasteiger charge is 2.17. The molecule has 5 nitrogen and oxygen atoms in total. The minimum absolute atomic E-state index is 0.140. The van der Waals surface area contributed by atoms with Crippen molar-refractivity contribution in [1.29, 1.82) is 0 Å². The maximum Gasteiger partial charge on any atom is 0.308 e. The van der Waals surface area contributed by atoms with Crippen LogP contribution in [0, 0.1) is 5.92 Å². The van der Waals surface area contributed by atoms with Gasteiger partial charge in [0, 0.05) is 12.1 Å². The monoisotopic (exact) mass is 279 g/mol. The van der Waals surface area contributed by atoms with Crippen LogP contribution in [0.25, 0.3) is 0 Å². The average Bonchev–Trinajstić information content (AvgIpc) is 2.43. The standard InChI is InChI=1S/C15H21NO4/c1-3-6-12(15(18)19)10-16-14(17)11-7-5-8-13(9-11)20-4-2/h5,7-9,12H,3-4,6,10H2,1-2H3,(H,16,17)(H,18,19). The van der Waals surface area contributed by atoms with Crippen molar-refractivity contribution >= 4 is 11.9 Å². The van der Waals surface area contributed by atoms with Crippen LogP contribution in [-0.4, -0.2) is 30.1 Å². The number of amides is 1. The van der Waals surface area contributed by atoms with Gasteiger partial charge in [0.2, 0.25) is 0 Å². The Morgan fingerprint density at radius 1 is 1.35 bits per heavy atom. The molecular weight excluding hydrogens is 258 g/mol. The fraction of sp³-hybridized carbons (Fsp3) is 0.467. The zero-order valence-corrected chi connectivity index (χ0v) is 11.9. The minimum atomic E-state index is -0.879. The second-order valence-electron chi connectivity index (χ2n) is 4.49. The summed E-state index contributed by atoms with van der Waals surface area (Å²) in [6.07, 6.45) is 1.32. The van der Waals surface area contributed by atoms with Crippen molar-refractivity contribution in [3.05, 3.63) is 29.8 Å². The molecular formula is C15H21NO4. The number of carboxylic acids is 1. The number of hydrogen-bond donors (Lipinski definition) is 2. The van der Waals surface area contributed by atoms with Gasteiger partial charge in [-0.25, -0.2) is 0 Å². The van der Waals surface area contributed by atoms with E-state index in [1.54, 1.807) is 24.3 Å². The van der Waals surface area contributed by atoms with Gasteiger partial charge < -0.3 is 15.2 Å². The molecule has 0 aliphatic carbocycles. The summed E-state index contributed by atoms with van der Waals surface area (Å²) in [4.78, 5) is 23.0. The van der Waals surface area contributed by atoms with Gasteiger partial charge >= 0.3 is 5.97 Å². The van der Waals surface area contributed by atoms with E-state index in [4.69, 9.17) is 9.84 Å². The van der Waals surface area contributed by atoms with Gasteiger partial charge in [-0.1, -0.05) is 19.4 Å². The molecule has 0 aliphatic rings. The Hall–Kier alpha value is -2.04. The molecule has 1 rings (SSSR count). The minimum Gasteiger partial charge on any atom is -0.494 e. The Kier molecular flexibility index (Phi) is 6.56. The summed E-state index contributed by atoms with van der Waals surface area (Å²) in [7, 11) is 0. The molecule has 1 amide bonds. The van der Waals surface area contributed by atoms with Gasteiger partial charge in [0.15, 0.2) is 0 Å². The third kappa shape index (κ3) is 4.91. The van der Waals surface area contributed by atoms with Crippen LogP contribution in [0.2, 0.25) is 0 Å². The fourth-order valence-electron chi connectivity index (χ4n) is 1.87. The van der Waals surface area contributed by atoms with Crippen LogP contribution in [0.4, 0.5) is 0 Å². The van der Waals surface area contributed by atoms with Crippen LogP contribution >= 0.6 is 0 Å². The third-order valence-corrected chi connectivity index (χ3v) is 2.90. The summed E-state index contributed by atoms with van der Waals surface area (Å²) in [6, 6.07) is 6.83. The molecule has 1 atom stereocenters. The number of rotatable bonds is 8. The highest BCUT2D eigenvalue weighted by molar-refractivity contribution is 5.94. The first kappa shape index (κ1) is 16.0. The number of benzene rings is 1. The second kappa shape index (κ2) is 8.19. The van der Waals surface area contributed by atoms with E-state index >= 15 is 0 Å². The van der Waals surface area contributed by atoms with Crippen LogP contribution in [0.15, 0.2) is 24.3 Å². The molecule has 0 bridgehead atoms. The summed E-state index contributed by atoms with van der Waals surface area (Å²) >= 11 is 0. The Morgan fingerprint density at radius 3 is 2.70 bits per heavy atom. The molecule has 110 valence electrons. The van der Waals surface area contributed by atoms with E-state index in [9.17, 15) is 9.59 Å². The van der Waals surface area contributed by atoms with Gasteiger partial charge in [-0.3, -0.25) is 9.59 Å². The number of carbonyl (C=O) groups excluding carboxylic acids is 1. The summed E-state index contributed by atoms with van der Waals surface area (Å²) in [6.45, 7) is 4.46.